The van der Waals surface area contributed by atoms with Gasteiger partial charge in [0.2, 0.25) is 5.91 Å². The first-order valence-corrected chi connectivity index (χ1v) is 15.7. The van der Waals surface area contributed by atoms with Crippen LogP contribution in [0.25, 0.3) is 10.8 Å². The van der Waals surface area contributed by atoms with Gasteiger partial charge in [0.05, 0.1) is 6.04 Å². The molecule has 6 nitrogen and oxygen atoms in total. The van der Waals surface area contributed by atoms with Crippen molar-refractivity contribution in [1.29, 1.82) is 0 Å². The maximum absolute atomic E-state index is 13.9. The Hall–Kier alpha value is -2.93. The van der Waals surface area contributed by atoms with Crippen LogP contribution in [0, 0.1) is 0 Å². The van der Waals surface area contributed by atoms with Crippen LogP contribution in [-0.4, -0.2) is 73.0 Å². The number of nitrogens with one attached hydrogen (secondary N) is 2. The van der Waals surface area contributed by atoms with Crippen LogP contribution >= 0.6 is 11.6 Å². The normalized spacial score (nSPS) is 21.0. The summed E-state index contributed by atoms with van der Waals surface area (Å²) in [6.45, 7) is 7.18. The second-order valence-corrected chi connectivity index (χ2v) is 12.0. The fourth-order valence-electron chi connectivity index (χ4n) is 6.24. The summed E-state index contributed by atoms with van der Waals surface area (Å²) in [6.07, 6.45) is 6.29. The van der Waals surface area contributed by atoms with E-state index in [-0.39, 0.29) is 29.8 Å². The number of amides is 2. The van der Waals surface area contributed by atoms with Gasteiger partial charge in [-0.2, -0.15) is 0 Å². The van der Waals surface area contributed by atoms with Gasteiger partial charge in [0.1, 0.15) is 0 Å². The van der Waals surface area contributed by atoms with E-state index in [1.54, 1.807) is 0 Å². The lowest BCUT2D eigenvalue weighted by molar-refractivity contribution is -0.133. The lowest BCUT2D eigenvalue weighted by Crippen LogP contribution is -2.50. The van der Waals surface area contributed by atoms with E-state index >= 15 is 0 Å². The molecule has 0 radical (unpaired) electrons. The van der Waals surface area contributed by atoms with Crippen molar-refractivity contribution in [2.24, 2.45) is 0 Å². The summed E-state index contributed by atoms with van der Waals surface area (Å²) in [6, 6.07) is 21.7. The Morgan fingerprint density at radius 3 is 2.51 bits per heavy atom. The molecule has 0 spiro atoms. The average Bonchev–Trinajstić information content (AvgIpc) is 3.16. The lowest BCUT2D eigenvalue weighted by Gasteiger charge is -2.31. The van der Waals surface area contributed by atoms with E-state index in [1.807, 2.05) is 48.5 Å². The molecule has 0 unspecified atom stereocenters. The average molecular weight is 575 g/mol. The standard InChI is InChI=1S/C34H43ClN4O2/c1-2-25(27-12-14-30(35)15-13-27)24-39-21-16-31(37-32(34(39)41)17-20-38-18-6-3-7-19-38)23-36-33(40)29-11-10-26-8-4-5-9-28(26)22-29/h4-5,8-15,22,25,31-32,37H,2-3,6-7,16-21,23-24H2,1H3,(H,36,40)/t25-,31+,32+/m1/s1. The number of carbonyl (C=O) groups excluding carboxylic acids is 2. The molecule has 2 fully saturated rings. The molecule has 0 bridgehead atoms. The summed E-state index contributed by atoms with van der Waals surface area (Å²) in [4.78, 5) is 31.6. The topological polar surface area (TPSA) is 64.7 Å². The number of carbonyl (C=O) groups is 2. The number of fused-ring (bicyclic) bond motifs is 1. The summed E-state index contributed by atoms with van der Waals surface area (Å²) in [7, 11) is 0. The number of nitrogens with zero attached hydrogens (tertiary/aromatic N) is 2. The van der Waals surface area contributed by atoms with Gasteiger partial charge in [0, 0.05) is 48.7 Å². The van der Waals surface area contributed by atoms with Crippen molar-refractivity contribution in [3.05, 3.63) is 82.9 Å². The fraction of sp³-hybridized carbons (Fsp3) is 0.471. The van der Waals surface area contributed by atoms with Crippen LogP contribution in [-0.2, 0) is 4.79 Å². The third-order valence-corrected chi connectivity index (χ3v) is 9.02. The highest BCUT2D eigenvalue weighted by molar-refractivity contribution is 6.30. The highest BCUT2D eigenvalue weighted by atomic mass is 35.5. The van der Waals surface area contributed by atoms with Crippen molar-refractivity contribution in [3.8, 4) is 0 Å². The molecule has 2 aliphatic heterocycles. The second kappa shape index (κ2) is 14.3. The summed E-state index contributed by atoms with van der Waals surface area (Å²) in [5.41, 5.74) is 1.87. The minimum atomic E-state index is -0.260. The maximum Gasteiger partial charge on any atom is 0.251 e. The highest BCUT2D eigenvalue weighted by Gasteiger charge is 2.32. The second-order valence-electron chi connectivity index (χ2n) is 11.6. The van der Waals surface area contributed by atoms with Crippen molar-refractivity contribution in [2.45, 2.75) is 63.5 Å². The van der Waals surface area contributed by atoms with E-state index in [1.165, 1.54) is 24.8 Å². The summed E-state index contributed by atoms with van der Waals surface area (Å²) in [5.74, 6) is 0.351. The minimum absolute atomic E-state index is 0.0234. The van der Waals surface area contributed by atoms with Crippen molar-refractivity contribution in [3.63, 3.8) is 0 Å². The molecular formula is C34H43ClN4O2. The molecule has 41 heavy (non-hydrogen) atoms. The number of benzene rings is 3. The smallest absolute Gasteiger partial charge is 0.251 e. The molecule has 218 valence electrons. The SMILES string of the molecule is CC[C@H](CN1CC[C@@H](CNC(=O)c2ccc3ccccc3c2)N[C@@H](CCN2CCCCC2)C1=O)c1ccc(Cl)cc1. The number of hydrogen-bond acceptors (Lipinski definition) is 4. The Kier molecular flexibility index (Phi) is 10.3. The molecule has 2 saturated heterocycles. The Bertz CT molecular complexity index is 1310. The molecule has 2 N–H and O–H groups in total. The number of rotatable bonds is 10. The molecule has 3 aromatic carbocycles. The molecule has 0 aliphatic carbocycles. The summed E-state index contributed by atoms with van der Waals surface area (Å²) in [5, 5.41) is 9.71. The van der Waals surface area contributed by atoms with Crippen molar-refractivity contribution < 1.29 is 9.59 Å². The van der Waals surface area contributed by atoms with E-state index < -0.39 is 0 Å². The van der Waals surface area contributed by atoms with Gasteiger partial charge in [-0.1, -0.05) is 67.4 Å². The Morgan fingerprint density at radius 1 is 1.00 bits per heavy atom. The van der Waals surface area contributed by atoms with Gasteiger partial charge in [-0.25, -0.2) is 0 Å². The number of halogens is 1. The van der Waals surface area contributed by atoms with Crippen LogP contribution in [0.15, 0.2) is 66.7 Å². The highest BCUT2D eigenvalue weighted by Crippen LogP contribution is 2.25. The van der Waals surface area contributed by atoms with E-state index in [9.17, 15) is 9.59 Å². The van der Waals surface area contributed by atoms with Crippen molar-refractivity contribution in [1.82, 2.24) is 20.4 Å². The minimum Gasteiger partial charge on any atom is -0.350 e. The van der Waals surface area contributed by atoms with E-state index in [0.717, 1.165) is 54.7 Å². The molecule has 2 amide bonds. The molecule has 5 rings (SSSR count). The predicted octanol–water partition coefficient (Wildman–Crippen LogP) is 5.85. The summed E-state index contributed by atoms with van der Waals surface area (Å²) < 4.78 is 0. The molecule has 7 heteroatoms. The third kappa shape index (κ3) is 7.88. The van der Waals surface area contributed by atoms with Crippen molar-refractivity contribution in [2.75, 3.05) is 39.3 Å². The van der Waals surface area contributed by atoms with E-state index in [0.29, 0.717) is 25.2 Å². The number of piperidine rings is 1. The third-order valence-electron chi connectivity index (χ3n) is 8.77. The largest absolute Gasteiger partial charge is 0.350 e. The first-order valence-electron chi connectivity index (χ1n) is 15.3. The quantitative estimate of drug-likeness (QED) is 0.319. The van der Waals surface area contributed by atoms with Gasteiger partial charge >= 0.3 is 0 Å². The zero-order valence-corrected chi connectivity index (χ0v) is 24.9. The molecule has 2 aliphatic rings. The van der Waals surface area contributed by atoms with Crippen LogP contribution in [0.3, 0.4) is 0 Å². The zero-order chi connectivity index (χ0) is 28.6. The first kappa shape index (κ1) is 29.6. The van der Waals surface area contributed by atoms with Gasteiger partial charge < -0.3 is 20.4 Å². The van der Waals surface area contributed by atoms with Gasteiger partial charge in [-0.3, -0.25) is 9.59 Å². The summed E-state index contributed by atoms with van der Waals surface area (Å²) >= 11 is 6.14. The number of hydrogen-bond donors (Lipinski definition) is 2. The van der Waals surface area contributed by atoms with Crippen molar-refractivity contribution >= 4 is 34.2 Å². The van der Waals surface area contributed by atoms with Crippen LogP contribution < -0.4 is 10.6 Å². The first-order chi connectivity index (χ1) is 20.0. The van der Waals surface area contributed by atoms with Gasteiger partial charge in [-0.15, -0.1) is 0 Å². The van der Waals surface area contributed by atoms with E-state index in [2.05, 4.69) is 45.6 Å². The zero-order valence-electron chi connectivity index (χ0n) is 24.2. The monoisotopic (exact) mass is 574 g/mol. The predicted molar refractivity (Wildman–Crippen MR) is 168 cm³/mol. The molecular weight excluding hydrogens is 532 g/mol. The molecule has 3 atom stereocenters. The van der Waals surface area contributed by atoms with E-state index in [4.69, 9.17) is 11.6 Å². The maximum atomic E-state index is 13.9. The lowest BCUT2D eigenvalue weighted by atomic mass is 9.95. The molecule has 0 aromatic heterocycles. The Labute approximate surface area is 249 Å². The van der Waals surface area contributed by atoms with Gasteiger partial charge in [0.15, 0.2) is 0 Å². The van der Waals surface area contributed by atoms with Crippen LogP contribution in [0.2, 0.25) is 5.02 Å². The molecule has 0 saturated carbocycles. The fourth-order valence-corrected chi connectivity index (χ4v) is 6.37. The van der Waals surface area contributed by atoms with Crippen LogP contribution in [0.5, 0.6) is 0 Å². The van der Waals surface area contributed by atoms with Gasteiger partial charge in [-0.05, 0) is 85.8 Å². The van der Waals surface area contributed by atoms with Crippen LogP contribution in [0.4, 0.5) is 0 Å². The Morgan fingerprint density at radius 2 is 1.76 bits per heavy atom. The Balaban J connectivity index is 1.26. The molecule has 3 aromatic rings. The number of likely N-dealkylation sites (tertiary alicyclic amines) is 1. The van der Waals surface area contributed by atoms with Gasteiger partial charge in [0.25, 0.3) is 5.91 Å². The molecule has 2 heterocycles. The van der Waals surface area contributed by atoms with Crippen LogP contribution in [0.1, 0.15) is 67.3 Å².